The van der Waals surface area contributed by atoms with Crippen molar-refractivity contribution < 1.29 is 18.3 Å². The highest BCUT2D eigenvalue weighted by molar-refractivity contribution is 14.1. The van der Waals surface area contributed by atoms with Crippen molar-refractivity contribution in [3.63, 3.8) is 0 Å². The Kier molecular flexibility index (Phi) is 6.74. The number of benzene rings is 1. The quantitative estimate of drug-likeness (QED) is 0.333. The van der Waals surface area contributed by atoms with E-state index in [0.29, 0.717) is 9.92 Å². The molecule has 10 heteroatoms. The molecule has 0 unspecified atom stereocenters. The van der Waals surface area contributed by atoms with Gasteiger partial charge in [0.15, 0.2) is 0 Å². The van der Waals surface area contributed by atoms with Crippen LogP contribution in [0.2, 0.25) is 5.02 Å². The van der Waals surface area contributed by atoms with Gasteiger partial charge in [-0.05, 0) is 59.3 Å². The molecule has 4 nitrogen and oxygen atoms in total. The number of pyridine rings is 1. The highest BCUT2D eigenvalue weighted by atomic mass is 127. The fraction of sp³-hybridized carbons (Fsp3) is 0.200. The molecule has 0 aliphatic carbocycles. The van der Waals surface area contributed by atoms with Gasteiger partial charge in [0, 0.05) is 13.4 Å². The lowest BCUT2D eigenvalue weighted by Gasteiger charge is -2.14. The predicted octanol–water partition coefficient (Wildman–Crippen LogP) is 5.25. The van der Waals surface area contributed by atoms with Gasteiger partial charge >= 0.3 is 11.4 Å². The number of ether oxygens (including phenoxy) is 1. The minimum Gasteiger partial charge on any atom is -0.462 e. The highest BCUT2D eigenvalue weighted by Crippen LogP contribution is 2.40. The molecule has 0 saturated carbocycles. The lowest BCUT2D eigenvalue weighted by atomic mass is 10.2. The summed E-state index contributed by atoms with van der Waals surface area (Å²) in [6.07, 6.45) is 0. The summed E-state index contributed by atoms with van der Waals surface area (Å²) >= 11 is 14.1. The molecule has 1 N–H and O–H groups in total. The largest absolute Gasteiger partial charge is 0.462 e. The number of H-pyrrole nitrogens is 1. The van der Waals surface area contributed by atoms with Crippen LogP contribution in [-0.4, -0.2) is 17.6 Å². The SMILES string of the molecule is CCOC(=O)c1c(Sc2c(Cl)cccc2I)cc(C(F)(F)Cl)[nH]c1=O. The molecule has 0 aliphatic rings. The van der Waals surface area contributed by atoms with Gasteiger partial charge in [0.1, 0.15) is 11.3 Å². The van der Waals surface area contributed by atoms with Crippen LogP contribution in [0.3, 0.4) is 0 Å². The van der Waals surface area contributed by atoms with Crippen LogP contribution in [-0.2, 0) is 10.1 Å². The summed E-state index contributed by atoms with van der Waals surface area (Å²) in [6.45, 7) is 1.59. The van der Waals surface area contributed by atoms with Gasteiger partial charge in [-0.2, -0.15) is 8.78 Å². The van der Waals surface area contributed by atoms with Crippen molar-refractivity contribution in [3.8, 4) is 0 Å². The van der Waals surface area contributed by atoms with Gasteiger partial charge in [-0.15, -0.1) is 0 Å². The number of hydrogen-bond donors (Lipinski definition) is 1. The molecule has 0 radical (unpaired) electrons. The third kappa shape index (κ3) is 4.87. The average molecular weight is 520 g/mol. The zero-order valence-corrected chi connectivity index (χ0v) is 17.0. The number of rotatable bonds is 5. The topological polar surface area (TPSA) is 59.2 Å². The van der Waals surface area contributed by atoms with Crippen LogP contribution >= 0.6 is 57.6 Å². The molecule has 0 aliphatic heterocycles. The molecule has 2 aromatic rings. The van der Waals surface area contributed by atoms with Gasteiger partial charge in [0.05, 0.1) is 11.6 Å². The number of aromatic amines is 1. The number of alkyl halides is 3. The standard InChI is InChI=1S/C15H10Cl2F2INO3S/c1-2-24-14(23)11-9(6-10(15(17,18)19)21-13(11)22)25-12-7(16)4-3-5-8(12)20/h3-6H,2H2,1H3,(H,21,22). The van der Waals surface area contributed by atoms with E-state index in [0.717, 1.165) is 21.4 Å². The Morgan fingerprint density at radius 3 is 2.68 bits per heavy atom. The van der Waals surface area contributed by atoms with Crippen molar-refractivity contribution in [2.45, 2.75) is 22.1 Å². The minimum atomic E-state index is -3.80. The number of hydrogen-bond acceptors (Lipinski definition) is 4. The van der Waals surface area contributed by atoms with E-state index in [-0.39, 0.29) is 17.1 Å². The molecule has 134 valence electrons. The summed E-state index contributed by atoms with van der Waals surface area (Å²) in [5, 5.41) is -3.44. The van der Waals surface area contributed by atoms with E-state index in [2.05, 4.69) is 0 Å². The van der Waals surface area contributed by atoms with E-state index in [9.17, 15) is 18.4 Å². The first kappa shape index (κ1) is 20.5. The maximum absolute atomic E-state index is 13.4. The summed E-state index contributed by atoms with van der Waals surface area (Å²) in [7, 11) is 0. The van der Waals surface area contributed by atoms with Gasteiger partial charge in [-0.25, -0.2) is 4.79 Å². The molecule has 0 amide bonds. The number of carbonyl (C=O) groups is 1. The van der Waals surface area contributed by atoms with E-state index >= 15 is 0 Å². The Balaban J connectivity index is 2.66. The molecule has 1 aromatic heterocycles. The second-order valence-corrected chi connectivity index (χ2v) is 7.72. The number of aromatic nitrogens is 1. The number of esters is 1. The lowest BCUT2D eigenvalue weighted by molar-refractivity contribution is 0.0517. The van der Waals surface area contributed by atoms with Crippen LogP contribution in [0.5, 0.6) is 0 Å². The molecule has 1 heterocycles. The van der Waals surface area contributed by atoms with Crippen LogP contribution in [0.15, 0.2) is 38.9 Å². The molecule has 0 bridgehead atoms. The van der Waals surface area contributed by atoms with E-state index in [1.807, 2.05) is 27.6 Å². The molecule has 25 heavy (non-hydrogen) atoms. The van der Waals surface area contributed by atoms with Crippen molar-refractivity contribution in [2.75, 3.05) is 6.61 Å². The van der Waals surface area contributed by atoms with E-state index in [1.54, 1.807) is 25.1 Å². The van der Waals surface area contributed by atoms with Gasteiger partial charge in [-0.1, -0.05) is 29.4 Å². The molecule has 1 aromatic carbocycles. The zero-order valence-electron chi connectivity index (χ0n) is 12.5. The van der Waals surface area contributed by atoms with E-state index in [4.69, 9.17) is 27.9 Å². The first-order valence-electron chi connectivity index (χ1n) is 6.78. The molecule has 0 saturated heterocycles. The Labute approximate surface area is 169 Å². The van der Waals surface area contributed by atoms with Crippen molar-refractivity contribution in [2.24, 2.45) is 0 Å². The van der Waals surface area contributed by atoms with Crippen LogP contribution in [0.25, 0.3) is 0 Å². The average Bonchev–Trinajstić information content (AvgIpc) is 2.50. The summed E-state index contributed by atoms with van der Waals surface area (Å²) in [5.41, 5.74) is -2.22. The molecule has 0 atom stereocenters. The monoisotopic (exact) mass is 519 g/mol. The zero-order chi connectivity index (χ0) is 18.8. The van der Waals surface area contributed by atoms with E-state index in [1.165, 1.54) is 0 Å². The number of nitrogens with one attached hydrogen (secondary N) is 1. The molecular formula is C15H10Cl2F2INO3S. The van der Waals surface area contributed by atoms with Crippen molar-refractivity contribution in [3.05, 3.63) is 54.5 Å². The highest BCUT2D eigenvalue weighted by Gasteiger charge is 2.32. The van der Waals surface area contributed by atoms with Crippen LogP contribution in [0.1, 0.15) is 23.0 Å². The third-order valence-corrected chi connectivity index (χ3v) is 5.99. The first-order valence-corrected chi connectivity index (χ1v) is 9.43. The van der Waals surface area contributed by atoms with Gasteiger partial charge in [0.25, 0.3) is 5.56 Å². The summed E-state index contributed by atoms with van der Waals surface area (Å²) in [6, 6.07) is 6.03. The van der Waals surface area contributed by atoms with Gasteiger partial charge < -0.3 is 9.72 Å². The fourth-order valence-electron chi connectivity index (χ4n) is 1.86. The van der Waals surface area contributed by atoms with Crippen molar-refractivity contribution in [1.82, 2.24) is 4.98 Å². The van der Waals surface area contributed by atoms with Gasteiger partial charge in [-0.3, -0.25) is 4.79 Å². The second-order valence-electron chi connectivity index (χ2n) is 4.62. The Bertz CT molecular complexity index is 851. The Hall–Kier alpha value is -0.840. The van der Waals surface area contributed by atoms with Crippen molar-refractivity contribution >= 4 is 63.5 Å². The summed E-state index contributed by atoms with van der Waals surface area (Å²) in [4.78, 5) is 26.7. The Morgan fingerprint density at radius 1 is 1.44 bits per heavy atom. The summed E-state index contributed by atoms with van der Waals surface area (Å²) < 4.78 is 32.4. The second kappa shape index (κ2) is 8.24. The fourth-order valence-corrected chi connectivity index (χ4v) is 4.24. The molecule has 0 fully saturated rings. The maximum atomic E-state index is 13.4. The minimum absolute atomic E-state index is 0.0245. The molecule has 0 spiro atoms. The van der Waals surface area contributed by atoms with Crippen LogP contribution in [0, 0.1) is 3.57 Å². The lowest BCUT2D eigenvalue weighted by Crippen LogP contribution is -2.24. The van der Waals surface area contributed by atoms with Crippen molar-refractivity contribution in [1.29, 1.82) is 0 Å². The third-order valence-electron chi connectivity index (χ3n) is 2.91. The van der Waals surface area contributed by atoms with E-state index < -0.39 is 22.6 Å². The van der Waals surface area contributed by atoms with Crippen LogP contribution in [0.4, 0.5) is 8.78 Å². The first-order chi connectivity index (χ1) is 11.6. The van der Waals surface area contributed by atoms with Gasteiger partial charge in [0.2, 0.25) is 0 Å². The normalized spacial score (nSPS) is 11.4. The maximum Gasteiger partial charge on any atom is 0.362 e. The molecular weight excluding hydrogens is 510 g/mol. The number of carbonyl (C=O) groups excluding carboxylic acids is 1. The number of halogens is 5. The van der Waals surface area contributed by atoms with Crippen LogP contribution < -0.4 is 5.56 Å². The molecule has 2 rings (SSSR count). The smallest absolute Gasteiger partial charge is 0.362 e. The Morgan fingerprint density at radius 2 is 2.12 bits per heavy atom. The predicted molar refractivity (Wildman–Crippen MR) is 101 cm³/mol. The summed E-state index contributed by atoms with van der Waals surface area (Å²) in [5.74, 6) is -0.919.